The maximum atomic E-state index is 13.0. The number of hydrogen-bond donors (Lipinski definition) is 0. The molecule has 0 bridgehead atoms. The second kappa shape index (κ2) is 7.70. The van der Waals surface area contributed by atoms with Gasteiger partial charge in [0.05, 0.1) is 17.4 Å². The lowest BCUT2D eigenvalue weighted by molar-refractivity contribution is -0.00757. The van der Waals surface area contributed by atoms with Gasteiger partial charge in [-0.25, -0.2) is 14.2 Å². The molecule has 26 heavy (non-hydrogen) atoms. The number of hydrogen-bond acceptors (Lipinski definition) is 8. The summed E-state index contributed by atoms with van der Waals surface area (Å²) < 4.78 is 31.0. The number of rotatable bonds is 7. The third-order valence-electron chi connectivity index (χ3n) is 2.64. The molecule has 0 aromatic carbocycles. The molecule has 0 radical (unpaired) electrons. The van der Waals surface area contributed by atoms with Crippen LogP contribution in [0.5, 0.6) is 0 Å². The van der Waals surface area contributed by atoms with Crippen LogP contribution in [0.15, 0.2) is 17.8 Å². The molecule has 0 saturated carbocycles. The lowest BCUT2D eigenvalue weighted by Crippen LogP contribution is -2.25. The topological polar surface area (TPSA) is 92.5 Å². The Balaban J connectivity index is 2.11. The van der Waals surface area contributed by atoms with E-state index in [0.29, 0.717) is 17.0 Å². The van der Waals surface area contributed by atoms with E-state index in [-0.39, 0.29) is 6.73 Å². The highest BCUT2D eigenvalue weighted by atomic mass is 32.1. The molecular formula is C16H24N3O5PS. The van der Waals surface area contributed by atoms with Crippen LogP contribution in [-0.4, -0.2) is 32.3 Å². The van der Waals surface area contributed by atoms with E-state index in [1.54, 1.807) is 59.3 Å². The van der Waals surface area contributed by atoms with Gasteiger partial charge in [-0.2, -0.15) is 5.10 Å². The molecule has 144 valence electrons. The van der Waals surface area contributed by atoms with Gasteiger partial charge in [0.1, 0.15) is 10.7 Å². The second-order valence-electron chi connectivity index (χ2n) is 7.58. The molecule has 0 saturated heterocycles. The van der Waals surface area contributed by atoms with E-state index in [2.05, 4.69) is 10.1 Å². The van der Waals surface area contributed by atoms with Crippen LogP contribution in [-0.2, 0) is 24.9 Å². The van der Waals surface area contributed by atoms with E-state index in [1.807, 2.05) is 0 Å². The molecule has 2 heterocycles. The van der Waals surface area contributed by atoms with Gasteiger partial charge < -0.3 is 0 Å². The Hall–Kier alpha value is -1.38. The zero-order valence-corrected chi connectivity index (χ0v) is 17.5. The van der Waals surface area contributed by atoms with Crippen LogP contribution in [0.2, 0.25) is 0 Å². The van der Waals surface area contributed by atoms with Crippen LogP contribution in [0, 0.1) is 0 Å². The number of carbonyl (C=O) groups excluding carboxylic acids is 1. The molecule has 8 nitrogen and oxygen atoms in total. The van der Waals surface area contributed by atoms with Crippen molar-refractivity contribution in [2.75, 3.05) is 0 Å². The Morgan fingerprint density at radius 2 is 1.81 bits per heavy atom. The highest BCUT2D eigenvalue weighted by molar-refractivity contribution is 7.48. The lowest BCUT2D eigenvalue weighted by atomic mass is 10.2. The standard InChI is InChI=1S/C16H24N3O5PS/c1-15(2,3)23-25(21,24-16(4,5)6)22-11-19-8-12(7-17-19)14-18-13(9-20)10-26-14/h7-10H,11H2,1-6H3. The molecule has 2 rings (SSSR count). The molecule has 0 aliphatic heterocycles. The van der Waals surface area contributed by atoms with Crippen LogP contribution in [0.1, 0.15) is 52.0 Å². The summed E-state index contributed by atoms with van der Waals surface area (Å²) in [7, 11) is -3.81. The number of carbonyl (C=O) groups is 1. The quantitative estimate of drug-likeness (QED) is 0.497. The molecule has 0 spiro atoms. The summed E-state index contributed by atoms with van der Waals surface area (Å²) in [6.07, 6.45) is 3.97. The Morgan fingerprint density at radius 1 is 1.19 bits per heavy atom. The fraction of sp³-hybridized carbons (Fsp3) is 0.562. The Bertz CT molecular complexity index is 783. The van der Waals surface area contributed by atoms with E-state index < -0.39 is 19.0 Å². The summed E-state index contributed by atoms with van der Waals surface area (Å²) in [4.78, 5) is 14.9. The van der Waals surface area contributed by atoms with E-state index in [1.165, 1.54) is 16.0 Å². The van der Waals surface area contributed by atoms with Gasteiger partial charge in [-0.1, -0.05) is 0 Å². The third-order valence-corrected chi connectivity index (χ3v) is 5.53. The maximum absolute atomic E-state index is 13.0. The van der Waals surface area contributed by atoms with Crippen molar-refractivity contribution in [1.29, 1.82) is 0 Å². The van der Waals surface area contributed by atoms with E-state index >= 15 is 0 Å². The van der Waals surface area contributed by atoms with Gasteiger partial charge in [-0.05, 0) is 41.5 Å². The third kappa shape index (κ3) is 6.41. The van der Waals surface area contributed by atoms with Crippen molar-refractivity contribution in [3.05, 3.63) is 23.5 Å². The first-order valence-corrected chi connectivity index (χ1v) is 10.3. The first kappa shape index (κ1) is 20.9. The monoisotopic (exact) mass is 401 g/mol. The number of phosphoric ester groups is 1. The molecule has 0 atom stereocenters. The smallest absolute Gasteiger partial charge is 0.296 e. The second-order valence-corrected chi connectivity index (χ2v) is 9.95. The molecule has 0 unspecified atom stereocenters. The summed E-state index contributed by atoms with van der Waals surface area (Å²) in [5.41, 5.74) is -0.310. The maximum Gasteiger partial charge on any atom is 0.477 e. The first-order valence-electron chi connectivity index (χ1n) is 7.99. The van der Waals surface area contributed by atoms with Gasteiger partial charge in [-0.3, -0.25) is 18.4 Å². The highest BCUT2D eigenvalue weighted by Crippen LogP contribution is 2.55. The molecule has 0 N–H and O–H groups in total. The summed E-state index contributed by atoms with van der Waals surface area (Å²) >= 11 is 1.34. The Kier molecular flexibility index (Phi) is 6.20. The fourth-order valence-electron chi connectivity index (χ4n) is 1.89. The number of aldehydes is 1. The van der Waals surface area contributed by atoms with Gasteiger partial charge in [0.25, 0.3) is 0 Å². The number of aromatic nitrogens is 3. The zero-order chi connectivity index (χ0) is 19.6. The average Bonchev–Trinajstić information content (AvgIpc) is 3.10. The number of nitrogens with zero attached hydrogens (tertiary/aromatic N) is 3. The SMILES string of the molecule is CC(C)(C)OP(=O)(OCn1cc(-c2nc(C=O)cs2)cn1)OC(C)(C)C. The fourth-order valence-corrected chi connectivity index (χ4v) is 4.37. The first-order chi connectivity index (χ1) is 11.9. The summed E-state index contributed by atoms with van der Waals surface area (Å²) in [6.45, 7) is 10.5. The van der Waals surface area contributed by atoms with Crippen LogP contribution in [0.4, 0.5) is 0 Å². The van der Waals surface area contributed by atoms with Crippen LogP contribution < -0.4 is 0 Å². The molecular weight excluding hydrogens is 377 g/mol. The number of thiazole rings is 1. The number of phosphoric acid groups is 1. The minimum Gasteiger partial charge on any atom is -0.296 e. The van der Waals surface area contributed by atoms with Gasteiger partial charge >= 0.3 is 7.82 Å². The lowest BCUT2D eigenvalue weighted by Gasteiger charge is -2.30. The molecule has 2 aromatic rings. The molecule has 2 aromatic heterocycles. The van der Waals surface area contributed by atoms with Crippen LogP contribution in [0.3, 0.4) is 0 Å². The molecule has 0 fully saturated rings. The minimum atomic E-state index is -3.81. The van der Waals surface area contributed by atoms with Crippen molar-refractivity contribution < 1.29 is 22.9 Å². The normalized spacial score (nSPS) is 13.2. The predicted octanol–water partition coefficient (Wildman–Crippen LogP) is 4.53. The Morgan fingerprint density at radius 3 is 2.31 bits per heavy atom. The summed E-state index contributed by atoms with van der Waals surface area (Å²) in [5, 5.41) is 6.49. The van der Waals surface area contributed by atoms with Crippen molar-refractivity contribution in [2.24, 2.45) is 0 Å². The van der Waals surface area contributed by atoms with Gasteiger partial charge in [-0.15, -0.1) is 11.3 Å². The predicted molar refractivity (Wildman–Crippen MR) is 99.1 cm³/mol. The van der Waals surface area contributed by atoms with Crippen molar-refractivity contribution >= 4 is 25.4 Å². The average molecular weight is 401 g/mol. The molecule has 0 aliphatic carbocycles. The minimum absolute atomic E-state index is 0.116. The van der Waals surface area contributed by atoms with Crippen molar-refractivity contribution in [2.45, 2.75) is 59.5 Å². The van der Waals surface area contributed by atoms with E-state index in [9.17, 15) is 9.36 Å². The summed E-state index contributed by atoms with van der Waals surface area (Å²) in [5.74, 6) is 0. The van der Waals surface area contributed by atoms with Crippen LogP contribution in [0.25, 0.3) is 10.6 Å². The molecule has 10 heteroatoms. The van der Waals surface area contributed by atoms with Crippen LogP contribution >= 0.6 is 19.2 Å². The highest BCUT2D eigenvalue weighted by Gasteiger charge is 2.37. The van der Waals surface area contributed by atoms with Crippen molar-refractivity contribution in [3.63, 3.8) is 0 Å². The molecule has 0 amide bonds. The Labute approximate surface area is 157 Å². The van der Waals surface area contributed by atoms with Gasteiger partial charge in [0.2, 0.25) is 0 Å². The van der Waals surface area contributed by atoms with Gasteiger partial charge in [0, 0.05) is 17.1 Å². The van der Waals surface area contributed by atoms with E-state index in [0.717, 1.165) is 5.56 Å². The van der Waals surface area contributed by atoms with Gasteiger partial charge in [0.15, 0.2) is 13.0 Å². The zero-order valence-electron chi connectivity index (χ0n) is 15.8. The van der Waals surface area contributed by atoms with Crippen molar-refractivity contribution in [3.8, 4) is 10.6 Å². The molecule has 0 aliphatic rings. The van der Waals surface area contributed by atoms with Crippen molar-refractivity contribution in [1.82, 2.24) is 14.8 Å². The largest absolute Gasteiger partial charge is 0.477 e. The summed E-state index contributed by atoms with van der Waals surface area (Å²) in [6, 6.07) is 0. The van der Waals surface area contributed by atoms with E-state index in [4.69, 9.17) is 13.6 Å².